The lowest BCUT2D eigenvalue weighted by atomic mass is 10.3. The summed E-state index contributed by atoms with van der Waals surface area (Å²) in [6.07, 6.45) is 0.608. The van der Waals surface area contributed by atoms with Crippen molar-refractivity contribution < 1.29 is 13.2 Å². The molecular formula is C7H14ClNO3S. The van der Waals surface area contributed by atoms with E-state index < -0.39 is 9.84 Å². The molecule has 6 heteroatoms. The second-order valence-electron chi connectivity index (χ2n) is 2.62. The Morgan fingerprint density at radius 2 is 2.00 bits per heavy atom. The Kier molecular flexibility index (Phi) is 6.07. The van der Waals surface area contributed by atoms with E-state index in [0.717, 1.165) is 0 Å². The number of amides is 1. The van der Waals surface area contributed by atoms with Crippen LogP contribution in [-0.2, 0) is 14.6 Å². The summed E-state index contributed by atoms with van der Waals surface area (Å²) < 4.78 is 22.2. The summed E-state index contributed by atoms with van der Waals surface area (Å²) in [5.74, 6) is -0.00124. The first-order valence-electron chi connectivity index (χ1n) is 3.99. The van der Waals surface area contributed by atoms with Crippen LogP contribution in [0.15, 0.2) is 0 Å². The Labute approximate surface area is 83.6 Å². The number of rotatable bonds is 6. The lowest BCUT2D eigenvalue weighted by molar-refractivity contribution is -0.120. The largest absolute Gasteiger partial charge is 0.359 e. The van der Waals surface area contributed by atoms with Crippen LogP contribution in [0.2, 0.25) is 0 Å². The molecule has 0 spiro atoms. The van der Waals surface area contributed by atoms with E-state index in [4.69, 9.17) is 11.6 Å². The van der Waals surface area contributed by atoms with Gasteiger partial charge in [0.15, 0.2) is 9.84 Å². The molecule has 0 saturated carbocycles. The molecule has 78 valence electrons. The van der Waals surface area contributed by atoms with E-state index in [9.17, 15) is 13.2 Å². The molecule has 0 unspecified atom stereocenters. The molecular weight excluding hydrogens is 214 g/mol. The Bertz CT molecular complexity index is 250. The number of halogens is 1. The van der Waals surface area contributed by atoms with Gasteiger partial charge in [-0.3, -0.25) is 4.79 Å². The van der Waals surface area contributed by atoms with Crippen molar-refractivity contribution in [2.75, 3.05) is 24.4 Å². The van der Waals surface area contributed by atoms with E-state index in [2.05, 4.69) is 5.32 Å². The van der Waals surface area contributed by atoms with Crippen molar-refractivity contribution in [3.63, 3.8) is 0 Å². The summed E-state index contributed by atoms with van der Waals surface area (Å²) in [6, 6.07) is 0. The zero-order chi connectivity index (χ0) is 10.3. The average Bonchev–Trinajstić information content (AvgIpc) is 2.03. The van der Waals surface area contributed by atoms with Crippen molar-refractivity contribution in [2.45, 2.75) is 12.8 Å². The molecule has 0 radical (unpaired) electrons. The highest BCUT2D eigenvalue weighted by Crippen LogP contribution is 1.98. The lowest BCUT2D eigenvalue weighted by Gasteiger charge is -2.01. The molecule has 4 nitrogen and oxygen atoms in total. The van der Waals surface area contributed by atoms with E-state index in [-0.39, 0.29) is 29.7 Å². The number of nitrogens with one attached hydrogen (secondary N) is 1. The molecule has 0 rings (SSSR count). The first kappa shape index (κ1) is 12.7. The second kappa shape index (κ2) is 6.21. The van der Waals surface area contributed by atoms with Gasteiger partial charge in [-0.2, -0.15) is 0 Å². The van der Waals surface area contributed by atoms with Gasteiger partial charge in [-0.25, -0.2) is 8.42 Å². The Balaban J connectivity index is 3.70. The van der Waals surface area contributed by atoms with Crippen LogP contribution >= 0.6 is 11.6 Å². The van der Waals surface area contributed by atoms with Crippen LogP contribution in [0.1, 0.15) is 12.8 Å². The van der Waals surface area contributed by atoms with Gasteiger partial charge in [-0.1, -0.05) is 0 Å². The Morgan fingerprint density at radius 1 is 1.38 bits per heavy atom. The van der Waals surface area contributed by atoms with Gasteiger partial charge in [0.2, 0.25) is 5.91 Å². The van der Waals surface area contributed by atoms with Crippen LogP contribution in [0.5, 0.6) is 0 Å². The van der Waals surface area contributed by atoms with Crippen molar-refractivity contribution in [1.29, 1.82) is 0 Å². The van der Waals surface area contributed by atoms with Crippen molar-refractivity contribution in [2.24, 2.45) is 0 Å². The molecule has 0 aromatic rings. The Morgan fingerprint density at radius 3 is 2.46 bits per heavy atom. The van der Waals surface area contributed by atoms with Gasteiger partial charge in [-0.15, -0.1) is 11.6 Å². The van der Waals surface area contributed by atoms with Gasteiger partial charge in [0.25, 0.3) is 0 Å². The summed E-state index contributed by atoms with van der Waals surface area (Å²) in [5, 5.41) is 2.42. The summed E-state index contributed by atoms with van der Waals surface area (Å²) in [5.41, 5.74) is 0. The highest BCUT2D eigenvalue weighted by atomic mass is 35.5. The predicted molar refractivity (Wildman–Crippen MR) is 52.7 cm³/mol. The first-order chi connectivity index (χ1) is 6.02. The molecule has 0 aliphatic heterocycles. The minimum atomic E-state index is -3.05. The summed E-state index contributed by atoms with van der Waals surface area (Å²) in [4.78, 5) is 10.7. The van der Waals surface area contributed by atoms with Crippen LogP contribution in [0.25, 0.3) is 0 Å². The normalized spacial score (nSPS) is 11.2. The van der Waals surface area contributed by atoms with Crippen LogP contribution in [0.3, 0.4) is 0 Å². The quantitative estimate of drug-likeness (QED) is 0.658. The van der Waals surface area contributed by atoms with Gasteiger partial charge in [-0.05, 0) is 6.42 Å². The highest BCUT2D eigenvalue weighted by Gasteiger charge is 2.10. The lowest BCUT2D eigenvalue weighted by Crippen LogP contribution is -2.19. The molecule has 0 aromatic carbocycles. The molecule has 0 aliphatic rings. The van der Waals surface area contributed by atoms with Gasteiger partial charge in [0.05, 0.1) is 11.5 Å². The zero-order valence-corrected chi connectivity index (χ0v) is 9.12. The fourth-order valence-corrected chi connectivity index (χ4v) is 2.53. The van der Waals surface area contributed by atoms with Crippen molar-refractivity contribution in [3.8, 4) is 0 Å². The first-order valence-corrected chi connectivity index (χ1v) is 6.34. The van der Waals surface area contributed by atoms with E-state index in [1.54, 1.807) is 0 Å². The minimum absolute atomic E-state index is 0.0116. The average molecular weight is 228 g/mol. The molecule has 1 amide bonds. The van der Waals surface area contributed by atoms with E-state index in [1.807, 2.05) is 0 Å². The maximum atomic E-state index is 11.1. The smallest absolute Gasteiger partial charge is 0.219 e. The highest BCUT2D eigenvalue weighted by molar-refractivity contribution is 7.91. The SMILES string of the molecule is CNC(=O)CCCS(=O)(=O)CCCl. The van der Waals surface area contributed by atoms with E-state index in [0.29, 0.717) is 6.42 Å². The fraction of sp³-hybridized carbons (Fsp3) is 0.857. The van der Waals surface area contributed by atoms with Crippen LogP contribution < -0.4 is 5.32 Å². The summed E-state index contributed by atoms with van der Waals surface area (Å²) in [6.45, 7) is 0. The van der Waals surface area contributed by atoms with Crippen LogP contribution in [-0.4, -0.2) is 38.8 Å². The van der Waals surface area contributed by atoms with Gasteiger partial charge in [0.1, 0.15) is 0 Å². The molecule has 0 fully saturated rings. The molecule has 13 heavy (non-hydrogen) atoms. The molecule has 0 bridgehead atoms. The number of hydrogen-bond acceptors (Lipinski definition) is 3. The third-order valence-electron chi connectivity index (χ3n) is 1.53. The molecule has 0 aromatic heterocycles. The molecule has 0 heterocycles. The number of alkyl halides is 1. The zero-order valence-electron chi connectivity index (χ0n) is 7.55. The van der Waals surface area contributed by atoms with E-state index >= 15 is 0 Å². The number of carbonyl (C=O) groups is 1. The van der Waals surface area contributed by atoms with Gasteiger partial charge in [0, 0.05) is 19.3 Å². The van der Waals surface area contributed by atoms with Gasteiger partial charge < -0.3 is 5.32 Å². The third-order valence-corrected chi connectivity index (χ3v) is 3.68. The van der Waals surface area contributed by atoms with Crippen molar-refractivity contribution in [3.05, 3.63) is 0 Å². The maximum Gasteiger partial charge on any atom is 0.219 e. The molecule has 0 aliphatic carbocycles. The fourth-order valence-electron chi connectivity index (χ4n) is 0.797. The standard InChI is InChI=1S/C7H14ClNO3S/c1-9-7(10)3-2-5-13(11,12)6-4-8/h2-6H2,1H3,(H,9,10). The van der Waals surface area contributed by atoms with Crippen molar-refractivity contribution in [1.82, 2.24) is 5.32 Å². The molecule has 0 atom stereocenters. The van der Waals surface area contributed by atoms with Crippen LogP contribution in [0, 0.1) is 0 Å². The second-order valence-corrected chi connectivity index (χ2v) is 5.30. The topological polar surface area (TPSA) is 63.2 Å². The number of hydrogen-bond donors (Lipinski definition) is 1. The Hall–Kier alpha value is -0.290. The van der Waals surface area contributed by atoms with Crippen molar-refractivity contribution >= 4 is 27.3 Å². The van der Waals surface area contributed by atoms with Gasteiger partial charge >= 0.3 is 0 Å². The summed E-state index contributed by atoms with van der Waals surface area (Å²) >= 11 is 5.30. The third kappa shape index (κ3) is 6.83. The molecule has 0 saturated heterocycles. The monoisotopic (exact) mass is 227 g/mol. The molecule has 1 N–H and O–H groups in total. The van der Waals surface area contributed by atoms with Crippen LogP contribution in [0.4, 0.5) is 0 Å². The van der Waals surface area contributed by atoms with E-state index in [1.165, 1.54) is 7.05 Å². The summed E-state index contributed by atoms with van der Waals surface area (Å²) in [7, 11) is -1.52. The minimum Gasteiger partial charge on any atom is -0.359 e. The predicted octanol–water partition coefficient (Wildman–Crippen LogP) is 0.166. The maximum absolute atomic E-state index is 11.1. The number of carbonyl (C=O) groups excluding carboxylic acids is 1. The number of sulfone groups is 1.